The van der Waals surface area contributed by atoms with Crippen molar-refractivity contribution in [3.05, 3.63) is 107 Å². The molecule has 0 aliphatic rings. The molecule has 33 heavy (non-hydrogen) atoms. The molecule has 0 amide bonds. The van der Waals surface area contributed by atoms with Crippen molar-refractivity contribution in [3.63, 3.8) is 0 Å². The number of hydrogen-bond acceptors (Lipinski definition) is 0. The number of aryl methyl sites for hydroxylation is 1. The minimum absolute atomic E-state index is 0.0397. The molecule has 0 unspecified atom stereocenters. The van der Waals surface area contributed by atoms with Crippen molar-refractivity contribution < 1.29 is 26.3 Å². The molecule has 6 heteroatoms. The van der Waals surface area contributed by atoms with Crippen LogP contribution < -0.4 is 0 Å². The highest BCUT2D eigenvalue weighted by molar-refractivity contribution is 5.74. The Morgan fingerprint density at radius 2 is 1.03 bits per heavy atom. The molecule has 0 saturated carbocycles. The van der Waals surface area contributed by atoms with Gasteiger partial charge in [0, 0.05) is 5.56 Å². The Kier molecular flexibility index (Phi) is 6.27. The first-order valence-corrected chi connectivity index (χ1v) is 10.3. The molecule has 0 heterocycles. The Morgan fingerprint density at radius 1 is 0.515 bits per heavy atom. The van der Waals surface area contributed by atoms with E-state index in [-0.39, 0.29) is 11.1 Å². The van der Waals surface area contributed by atoms with E-state index in [1.165, 1.54) is 17.7 Å². The molecule has 0 spiro atoms. The first-order valence-electron chi connectivity index (χ1n) is 10.3. The summed E-state index contributed by atoms with van der Waals surface area (Å²) >= 11 is 0. The lowest BCUT2D eigenvalue weighted by Crippen LogP contribution is -1.97. The monoisotopic (exact) mass is 456 g/mol. The van der Waals surface area contributed by atoms with Crippen molar-refractivity contribution in [2.45, 2.75) is 19.8 Å². The Bertz CT molecular complexity index is 1280. The largest absolute Gasteiger partial charge is 0.206 e. The van der Waals surface area contributed by atoms with Gasteiger partial charge in [-0.2, -0.15) is 0 Å². The van der Waals surface area contributed by atoms with Crippen LogP contribution in [0.15, 0.2) is 66.7 Å². The second-order valence-corrected chi connectivity index (χ2v) is 7.71. The summed E-state index contributed by atoms with van der Waals surface area (Å²) in [7, 11) is 0. The maximum Gasteiger partial charge on any atom is 0.194 e. The molecule has 0 bridgehead atoms. The third-order valence-electron chi connectivity index (χ3n) is 5.42. The van der Waals surface area contributed by atoms with E-state index in [9.17, 15) is 26.3 Å². The minimum Gasteiger partial charge on any atom is -0.206 e. The van der Waals surface area contributed by atoms with E-state index in [1.807, 2.05) is 24.3 Å². The van der Waals surface area contributed by atoms with Crippen LogP contribution in [0.4, 0.5) is 26.3 Å². The van der Waals surface area contributed by atoms with Gasteiger partial charge in [0.05, 0.1) is 5.56 Å². The van der Waals surface area contributed by atoms with Gasteiger partial charge in [-0.1, -0.05) is 49.7 Å². The second-order valence-electron chi connectivity index (χ2n) is 7.71. The summed E-state index contributed by atoms with van der Waals surface area (Å²) in [4.78, 5) is 0. The number of benzene rings is 4. The SMILES string of the molecule is CCCc1ccc(-c2ccc(-c3cc(F)c(-c4cc(F)c(F)c(F)c4)c(F)c3)c(F)c2)cc1. The second kappa shape index (κ2) is 9.14. The van der Waals surface area contributed by atoms with E-state index < -0.39 is 46.0 Å². The zero-order valence-corrected chi connectivity index (χ0v) is 17.5. The smallest absolute Gasteiger partial charge is 0.194 e. The molecule has 0 N–H and O–H groups in total. The summed E-state index contributed by atoms with van der Waals surface area (Å²) in [5.41, 5.74) is 1.21. The highest BCUT2D eigenvalue weighted by Gasteiger charge is 2.19. The van der Waals surface area contributed by atoms with Crippen molar-refractivity contribution in [1.29, 1.82) is 0 Å². The fraction of sp³-hybridized carbons (Fsp3) is 0.111. The molecule has 0 aliphatic heterocycles. The highest BCUT2D eigenvalue weighted by atomic mass is 19.2. The molecular formula is C27H18F6. The van der Waals surface area contributed by atoms with E-state index in [1.54, 1.807) is 6.07 Å². The van der Waals surface area contributed by atoms with Crippen LogP contribution >= 0.6 is 0 Å². The highest BCUT2D eigenvalue weighted by Crippen LogP contribution is 2.34. The predicted octanol–water partition coefficient (Wildman–Crippen LogP) is 8.47. The van der Waals surface area contributed by atoms with Crippen LogP contribution in [0.25, 0.3) is 33.4 Å². The van der Waals surface area contributed by atoms with Crippen LogP contribution in [0.1, 0.15) is 18.9 Å². The maximum absolute atomic E-state index is 14.9. The van der Waals surface area contributed by atoms with Crippen molar-refractivity contribution in [2.24, 2.45) is 0 Å². The zero-order valence-electron chi connectivity index (χ0n) is 17.5. The molecule has 0 aromatic heterocycles. The van der Waals surface area contributed by atoms with Gasteiger partial charge in [0.1, 0.15) is 17.5 Å². The Balaban J connectivity index is 1.70. The van der Waals surface area contributed by atoms with E-state index >= 15 is 0 Å². The summed E-state index contributed by atoms with van der Waals surface area (Å²) in [5.74, 6) is -7.89. The van der Waals surface area contributed by atoms with E-state index in [0.29, 0.717) is 17.7 Å². The molecule has 0 nitrogen and oxygen atoms in total. The first kappa shape index (κ1) is 22.6. The summed E-state index contributed by atoms with van der Waals surface area (Å²) in [6.45, 7) is 2.08. The molecule has 0 radical (unpaired) electrons. The average molecular weight is 456 g/mol. The van der Waals surface area contributed by atoms with Gasteiger partial charge in [-0.05, 0) is 64.6 Å². The van der Waals surface area contributed by atoms with Crippen LogP contribution in [0.5, 0.6) is 0 Å². The summed E-state index contributed by atoms with van der Waals surface area (Å²) in [5, 5.41) is 0. The Labute approximate surface area is 187 Å². The van der Waals surface area contributed by atoms with Crippen molar-refractivity contribution in [3.8, 4) is 33.4 Å². The fourth-order valence-electron chi connectivity index (χ4n) is 3.79. The van der Waals surface area contributed by atoms with Gasteiger partial charge < -0.3 is 0 Å². The number of rotatable bonds is 5. The van der Waals surface area contributed by atoms with Gasteiger partial charge in [-0.15, -0.1) is 0 Å². The van der Waals surface area contributed by atoms with Crippen LogP contribution in [0.3, 0.4) is 0 Å². The lowest BCUT2D eigenvalue weighted by Gasteiger charge is -2.11. The van der Waals surface area contributed by atoms with E-state index in [2.05, 4.69) is 6.92 Å². The molecule has 0 fully saturated rings. The van der Waals surface area contributed by atoms with Gasteiger partial charge in [0.15, 0.2) is 17.5 Å². The van der Waals surface area contributed by atoms with Gasteiger partial charge in [-0.3, -0.25) is 0 Å². The molecule has 168 valence electrons. The van der Waals surface area contributed by atoms with Crippen LogP contribution in [0.2, 0.25) is 0 Å². The number of halogens is 6. The van der Waals surface area contributed by atoms with E-state index in [4.69, 9.17) is 0 Å². The van der Waals surface area contributed by atoms with Gasteiger partial charge in [-0.25, -0.2) is 26.3 Å². The molecule has 4 aromatic carbocycles. The zero-order chi connectivity index (χ0) is 23.7. The topological polar surface area (TPSA) is 0 Å². The maximum atomic E-state index is 14.9. The molecule has 4 rings (SSSR count). The lowest BCUT2D eigenvalue weighted by atomic mass is 9.96. The normalized spacial score (nSPS) is 11.1. The molecule has 0 aliphatic carbocycles. The van der Waals surface area contributed by atoms with Gasteiger partial charge in [0.2, 0.25) is 0 Å². The summed E-state index contributed by atoms with van der Waals surface area (Å²) < 4.78 is 84.5. The Hall–Kier alpha value is -3.54. The molecule has 4 aromatic rings. The third-order valence-corrected chi connectivity index (χ3v) is 5.42. The van der Waals surface area contributed by atoms with Crippen LogP contribution in [0, 0.1) is 34.9 Å². The molecule has 0 saturated heterocycles. The van der Waals surface area contributed by atoms with Crippen molar-refractivity contribution >= 4 is 0 Å². The van der Waals surface area contributed by atoms with Gasteiger partial charge in [0.25, 0.3) is 0 Å². The summed E-state index contributed by atoms with van der Waals surface area (Å²) in [6.07, 6.45) is 1.96. The molecule has 0 atom stereocenters. The van der Waals surface area contributed by atoms with Gasteiger partial charge >= 0.3 is 0 Å². The predicted molar refractivity (Wildman–Crippen MR) is 116 cm³/mol. The van der Waals surface area contributed by atoms with Crippen LogP contribution in [-0.2, 0) is 6.42 Å². The van der Waals surface area contributed by atoms with E-state index in [0.717, 1.165) is 30.5 Å². The first-order chi connectivity index (χ1) is 15.8. The number of hydrogen-bond donors (Lipinski definition) is 0. The standard InChI is InChI=1S/C27H18F6/c1-2-3-15-4-6-16(7-5-15)17-8-9-20(21(28)10-17)18-11-22(29)26(23(30)12-18)19-13-24(31)27(33)25(32)14-19/h4-14H,2-3H2,1H3. The quantitative estimate of drug-likeness (QED) is 0.209. The molecular weight excluding hydrogens is 438 g/mol. The third kappa shape index (κ3) is 4.51. The van der Waals surface area contributed by atoms with Crippen molar-refractivity contribution in [2.75, 3.05) is 0 Å². The van der Waals surface area contributed by atoms with Crippen LogP contribution in [-0.4, -0.2) is 0 Å². The minimum atomic E-state index is -1.74. The lowest BCUT2D eigenvalue weighted by molar-refractivity contribution is 0.447. The fourth-order valence-corrected chi connectivity index (χ4v) is 3.79. The van der Waals surface area contributed by atoms with Crippen molar-refractivity contribution in [1.82, 2.24) is 0 Å². The Morgan fingerprint density at radius 3 is 1.58 bits per heavy atom. The average Bonchev–Trinajstić information content (AvgIpc) is 2.77. The summed E-state index contributed by atoms with van der Waals surface area (Å²) in [6, 6.07) is 14.8.